The number of nitrogens with zero attached hydrogens (tertiary/aromatic N) is 3. The summed E-state index contributed by atoms with van der Waals surface area (Å²) in [7, 11) is 1.59. The first-order valence-corrected chi connectivity index (χ1v) is 16.5. The quantitative estimate of drug-likeness (QED) is 0.176. The minimum atomic E-state index is -0.713. The van der Waals surface area contributed by atoms with Gasteiger partial charge in [-0.15, -0.1) is 0 Å². The summed E-state index contributed by atoms with van der Waals surface area (Å²) in [6.07, 6.45) is 1.96. The molecule has 1 atom stereocenters. The van der Waals surface area contributed by atoms with E-state index in [1.54, 1.807) is 25.5 Å². The highest BCUT2D eigenvalue weighted by Crippen LogP contribution is 2.35. The van der Waals surface area contributed by atoms with Gasteiger partial charge >= 0.3 is 5.97 Å². The molecule has 6 rings (SSSR count). The molecule has 44 heavy (non-hydrogen) atoms. The standard InChI is InChI=1S/C34H29Br2N3O4S/c1-5-43-33(41)30-19(2)37-34-39(31(30)22-12-15-28(42-4)26(36)16-22)32(40)29(44-34)17-25-20(3)38(27-9-7-6-8-24(25)27)18-21-10-13-23(35)14-11-21/h6-17,31H,5,18H2,1-4H3/b29-17-/t31-/m0/s1. The third-order valence-electron chi connectivity index (χ3n) is 7.82. The lowest BCUT2D eigenvalue weighted by Gasteiger charge is -2.25. The van der Waals surface area contributed by atoms with Gasteiger partial charge in [-0.05, 0) is 84.2 Å². The molecule has 0 fully saturated rings. The van der Waals surface area contributed by atoms with E-state index < -0.39 is 12.0 Å². The molecule has 7 nitrogen and oxygen atoms in total. The van der Waals surface area contributed by atoms with Gasteiger partial charge in [-0.25, -0.2) is 9.79 Å². The maximum absolute atomic E-state index is 14.3. The second-order valence-electron chi connectivity index (χ2n) is 10.4. The van der Waals surface area contributed by atoms with Gasteiger partial charge in [0.1, 0.15) is 5.75 Å². The summed E-state index contributed by atoms with van der Waals surface area (Å²) in [5.41, 5.74) is 5.69. The minimum absolute atomic E-state index is 0.211. The van der Waals surface area contributed by atoms with Gasteiger partial charge in [-0.1, -0.05) is 63.7 Å². The Balaban J connectivity index is 1.54. The molecule has 0 bridgehead atoms. The lowest BCUT2D eigenvalue weighted by molar-refractivity contribution is -0.139. The Kier molecular flexibility index (Phi) is 8.50. The highest BCUT2D eigenvalue weighted by molar-refractivity contribution is 9.10. The summed E-state index contributed by atoms with van der Waals surface area (Å²) in [6, 6.07) is 21.4. The fourth-order valence-electron chi connectivity index (χ4n) is 5.71. The van der Waals surface area contributed by atoms with E-state index in [9.17, 15) is 9.59 Å². The minimum Gasteiger partial charge on any atom is -0.496 e. The van der Waals surface area contributed by atoms with Gasteiger partial charge in [-0.3, -0.25) is 9.36 Å². The second kappa shape index (κ2) is 12.3. The summed E-state index contributed by atoms with van der Waals surface area (Å²) >= 11 is 8.41. The SMILES string of the molecule is CCOC(=O)C1=C(C)N=c2s/c(=C\c3c(C)n(Cc4ccc(Br)cc4)c4ccccc34)c(=O)n2[C@H]1c1ccc(OC)c(Br)c1. The normalized spacial score (nSPS) is 15.0. The first kappa shape index (κ1) is 30.3. The third-order valence-corrected chi connectivity index (χ3v) is 9.95. The van der Waals surface area contributed by atoms with Gasteiger partial charge in [0.05, 0.1) is 40.0 Å². The van der Waals surface area contributed by atoms with Gasteiger partial charge in [0.2, 0.25) is 0 Å². The summed E-state index contributed by atoms with van der Waals surface area (Å²) in [4.78, 5) is 32.8. The van der Waals surface area contributed by atoms with Crippen molar-refractivity contribution in [1.29, 1.82) is 0 Å². The Hall–Kier alpha value is -3.73. The number of halogens is 2. The van der Waals surface area contributed by atoms with Gasteiger partial charge in [0.15, 0.2) is 4.80 Å². The summed E-state index contributed by atoms with van der Waals surface area (Å²) in [5, 5.41) is 1.06. The van der Waals surface area contributed by atoms with Crippen LogP contribution < -0.4 is 19.6 Å². The predicted molar refractivity (Wildman–Crippen MR) is 181 cm³/mol. The average molecular weight is 735 g/mol. The zero-order chi connectivity index (χ0) is 31.1. The van der Waals surface area contributed by atoms with Crippen LogP contribution in [0.2, 0.25) is 0 Å². The molecule has 0 unspecified atom stereocenters. The summed E-state index contributed by atoms with van der Waals surface area (Å²) in [6.45, 7) is 6.54. The fraction of sp³-hybridized carbons (Fsp3) is 0.206. The highest BCUT2D eigenvalue weighted by Gasteiger charge is 2.33. The molecule has 0 radical (unpaired) electrons. The number of ether oxygens (including phenoxy) is 2. The molecule has 224 valence electrons. The molecular formula is C34H29Br2N3O4S. The number of carbonyl (C=O) groups is 1. The van der Waals surface area contributed by atoms with Crippen LogP contribution >= 0.6 is 43.2 Å². The fourth-order valence-corrected chi connectivity index (χ4v) is 7.56. The molecule has 0 N–H and O–H groups in total. The predicted octanol–water partition coefficient (Wildman–Crippen LogP) is 6.64. The van der Waals surface area contributed by atoms with Crippen LogP contribution in [0.3, 0.4) is 0 Å². The zero-order valence-electron chi connectivity index (χ0n) is 24.6. The number of para-hydroxylation sites is 1. The number of rotatable bonds is 7. The van der Waals surface area contributed by atoms with E-state index >= 15 is 0 Å². The van der Waals surface area contributed by atoms with Gasteiger partial charge in [0, 0.05) is 33.2 Å². The van der Waals surface area contributed by atoms with Crippen LogP contribution in [0.1, 0.15) is 42.3 Å². The summed E-state index contributed by atoms with van der Waals surface area (Å²) < 4.78 is 17.0. The largest absolute Gasteiger partial charge is 0.496 e. The van der Waals surface area contributed by atoms with Crippen LogP contribution in [-0.4, -0.2) is 28.8 Å². The topological polar surface area (TPSA) is 74.8 Å². The number of fused-ring (bicyclic) bond motifs is 2. The van der Waals surface area contributed by atoms with Gasteiger partial charge in [-0.2, -0.15) is 0 Å². The molecule has 0 amide bonds. The van der Waals surface area contributed by atoms with Crippen molar-refractivity contribution in [3.05, 3.63) is 129 Å². The van der Waals surface area contributed by atoms with Crippen molar-refractivity contribution in [2.45, 2.75) is 33.4 Å². The number of aromatic nitrogens is 2. The van der Waals surface area contributed by atoms with Crippen molar-refractivity contribution in [1.82, 2.24) is 9.13 Å². The number of thiazole rings is 1. The lowest BCUT2D eigenvalue weighted by atomic mass is 9.96. The smallest absolute Gasteiger partial charge is 0.338 e. The van der Waals surface area contributed by atoms with E-state index in [1.165, 1.54) is 16.9 Å². The zero-order valence-corrected chi connectivity index (χ0v) is 28.5. The van der Waals surface area contributed by atoms with E-state index in [0.717, 1.165) is 32.2 Å². The van der Waals surface area contributed by atoms with Crippen LogP contribution in [0, 0.1) is 6.92 Å². The van der Waals surface area contributed by atoms with Crippen LogP contribution in [0.15, 0.2) is 96.7 Å². The Labute approximate surface area is 275 Å². The van der Waals surface area contributed by atoms with Crippen molar-refractivity contribution in [3.63, 3.8) is 0 Å². The second-order valence-corrected chi connectivity index (χ2v) is 13.2. The Morgan fingerprint density at radius 3 is 2.52 bits per heavy atom. The Morgan fingerprint density at radius 2 is 1.82 bits per heavy atom. The molecular weight excluding hydrogens is 706 g/mol. The number of carbonyl (C=O) groups excluding carboxylic acids is 1. The molecule has 1 aliphatic rings. The molecule has 0 spiro atoms. The molecule has 5 aromatic rings. The number of hydrogen-bond donors (Lipinski definition) is 0. The molecule has 3 heterocycles. The molecule has 0 saturated carbocycles. The maximum atomic E-state index is 14.3. The Morgan fingerprint density at radius 1 is 1.07 bits per heavy atom. The number of benzene rings is 3. The van der Waals surface area contributed by atoms with E-state index in [0.29, 0.717) is 37.4 Å². The number of methoxy groups -OCH3 is 1. The third kappa shape index (κ3) is 5.39. The van der Waals surface area contributed by atoms with E-state index in [2.05, 4.69) is 67.6 Å². The van der Waals surface area contributed by atoms with Crippen molar-refractivity contribution in [2.24, 2.45) is 4.99 Å². The number of allylic oxidation sites excluding steroid dienone is 1. The molecule has 3 aromatic carbocycles. The molecule has 1 aliphatic heterocycles. The van der Waals surface area contributed by atoms with Crippen LogP contribution in [-0.2, 0) is 16.1 Å². The summed E-state index contributed by atoms with van der Waals surface area (Å²) in [5.74, 6) is 0.154. The first-order chi connectivity index (χ1) is 21.2. The van der Waals surface area contributed by atoms with Gasteiger partial charge in [0.25, 0.3) is 5.56 Å². The lowest BCUT2D eigenvalue weighted by Crippen LogP contribution is -2.40. The van der Waals surface area contributed by atoms with E-state index in [4.69, 9.17) is 14.5 Å². The van der Waals surface area contributed by atoms with E-state index in [1.807, 2.05) is 48.5 Å². The Bertz CT molecular complexity index is 2140. The van der Waals surface area contributed by atoms with Crippen molar-refractivity contribution < 1.29 is 14.3 Å². The molecule has 0 saturated heterocycles. The number of hydrogen-bond acceptors (Lipinski definition) is 6. The molecule has 0 aliphatic carbocycles. The van der Waals surface area contributed by atoms with Crippen LogP contribution in [0.25, 0.3) is 17.0 Å². The average Bonchev–Trinajstić information content (AvgIpc) is 3.46. The highest BCUT2D eigenvalue weighted by atomic mass is 79.9. The van der Waals surface area contributed by atoms with Crippen LogP contribution in [0.5, 0.6) is 5.75 Å². The van der Waals surface area contributed by atoms with Crippen molar-refractivity contribution >= 4 is 66.1 Å². The maximum Gasteiger partial charge on any atom is 0.338 e. The van der Waals surface area contributed by atoms with Crippen LogP contribution in [0.4, 0.5) is 0 Å². The monoisotopic (exact) mass is 733 g/mol. The van der Waals surface area contributed by atoms with Crippen molar-refractivity contribution in [3.8, 4) is 5.75 Å². The van der Waals surface area contributed by atoms with Gasteiger partial charge < -0.3 is 14.0 Å². The molecule has 2 aromatic heterocycles. The number of esters is 1. The first-order valence-electron chi connectivity index (χ1n) is 14.1. The molecule has 10 heteroatoms. The van der Waals surface area contributed by atoms with Crippen molar-refractivity contribution in [2.75, 3.05) is 13.7 Å². The van der Waals surface area contributed by atoms with E-state index in [-0.39, 0.29) is 12.2 Å².